The fourth-order valence-corrected chi connectivity index (χ4v) is 4.83. The Hall–Kier alpha value is -3.27. The molecular weight excluding hydrogens is 480 g/mol. The third kappa shape index (κ3) is 5.99. The highest BCUT2D eigenvalue weighted by Gasteiger charge is 2.27. The molecule has 0 aliphatic carbocycles. The smallest absolute Gasteiger partial charge is 0.243 e. The molecule has 34 heavy (non-hydrogen) atoms. The van der Waals surface area contributed by atoms with Crippen molar-refractivity contribution in [3.8, 4) is 17.2 Å². The summed E-state index contributed by atoms with van der Waals surface area (Å²) in [5.74, 6) is 0.613. The maximum absolute atomic E-state index is 13.4. The van der Waals surface area contributed by atoms with Crippen molar-refractivity contribution < 1.29 is 27.4 Å². The summed E-state index contributed by atoms with van der Waals surface area (Å²) in [5, 5.41) is 3.00. The SMILES string of the molecule is COc1ccc(S(=O)(=O)N(CC(=O)Nc2cc(OC)c(Cl)cc2OC)Cc2ccccc2)cc1. The molecule has 8 nitrogen and oxygen atoms in total. The van der Waals surface area contributed by atoms with Gasteiger partial charge >= 0.3 is 0 Å². The molecule has 0 atom stereocenters. The van der Waals surface area contributed by atoms with Crippen molar-refractivity contribution in [2.75, 3.05) is 33.2 Å². The first-order chi connectivity index (χ1) is 16.3. The summed E-state index contributed by atoms with van der Waals surface area (Å²) in [7, 11) is 0.370. The second-order valence-electron chi connectivity index (χ2n) is 7.17. The maximum atomic E-state index is 13.4. The predicted molar refractivity (Wildman–Crippen MR) is 130 cm³/mol. The van der Waals surface area contributed by atoms with Crippen molar-refractivity contribution >= 4 is 33.2 Å². The van der Waals surface area contributed by atoms with Crippen molar-refractivity contribution in [1.82, 2.24) is 4.31 Å². The Morgan fingerprint density at radius 2 is 1.56 bits per heavy atom. The summed E-state index contributed by atoms with van der Waals surface area (Å²) in [5.41, 5.74) is 1.04. The quantitative estimate of drug-likeness (QED) is 0.445. The number of sulfonamides is 1. The lowest BCUT2D eigenvalue weighted by Gasteiger charge is -2.22. The standard InChI is InChI=1S/C24H25ClN2O6S/c1-31-18-9-11-19(12-10-18)34(29,30)27(15-17-7-5-4-6-8-17)16-24(28)26-21-14-22(32-2)20(25)13-23(21)33-3/h4-14H,15-16H2,1-3H3,(H,26,28). The maximum Gasteiger partial charge on any atom is 0.243 e. The van der Waals surface area contributed by atoms with E-state index in [4.69, 9.17) is 25.8 Å². The van der Waals surface area contributed by atoms with Crippen LogP contribution in [0.4, 0.5) is 5.69 Å². The number of rotatable bonds is 10. The molecule has 0 unspecified atom stereocenters. The molecule has 0 spiro atoms. The number of carbonyl (C=O) groups is 1. The van der Waals surface area contributed by atoms with Gasteiger partial charge in [-0.2, -0.15) is 4.31 Å². The number of amides is 1. The molecule has 0 aromatic heterocycles. The van der Waals surface area contributed by atoms with Gasteiger partial charge < -0.3 is 19.5 Å². The molecule has 0 aliphatic rings. The third-order valence-corrected chi connectivity index (χ3v) is 7.07. The van der Waals surface area contributed by atoms with E-state index in [9.17, 15) is 13.2 Å². The van der Waals surface area contributed by atoms with E-state index >= 15 is 0 Å². The Bertz CT molecular complexity index is 1230. The van der Waals surface area contributed by atoms with Gasteiger partial charge in [-0.05, 0) is 29.8 Å². The van der Waals surface area contributed by atoms with Gasteiger partial charge in [-0.15, -0.1) is 0 Å². The van der Waals surface area contributed by atoms with Crippen LogP contribution in [0.5, 0.6) is 17.2 Å². The molecule has 0 saturated heterocycles. The molecule has 180 valence electrons. The van der Waals surface area contributed by atoms with Crippen LogP contribution in [0.25, 0.3) is 0 Å². The first kappa shape index (κ1) is 25.4. The van der Waals surface area contributed by atoms with E-state index < -0.39 is 22.5 Å². The number of hydrogen-bond donors (Lipinski definition) is 1. The monoisotopic (exact) mass is 504 g/mol. The Morgan fingerprint density at radius 3 is 2.15 bits per heavy atom. The minimum Gasteiger partial charge on any atom is -0.497 e. The highest BCUT2D eigenvalue weighted by atomic mass is 35.5. The van der Waals surface area contributed by atoms with Gasteiger partial charge in [0.15, 0.2) is 0 Å². The van der Waals surface area contributed by atoms with Crippen LogP contribution in [-0.4, -0.2) is 46.5 Å². The van der Waals surface area contributed by atoms with Gasteiger partial charge in [0.25, 0.3) is 0 Å². The van der Waals surface area contributed by atoms with Crippen LogP contribution < -0.4 is 19.5 Å². The number of benzene rings is 3. The molecule has 0 fully saturated rings. The van der Waals surface area contributed by atoms with E-state index in [0.717, 1.165) is 9.87 Å². The van der Waals surface area contributed by atoms with E-state index in [2.05, 4.69) is 5.32 Å². The van der Waals surface area contributed by atoms with E-state index in [-0.39, 0.29) is 11.4 Å². The lowest BCUT2D eigenvalue weighted by molar-refractivity contribution is -0.116. The molecule has 0 aliphatic heterocycles. The van der Waals surface area contributed by atoms with Crippen molar-refractivity contribution in [2.24, 2.45) is 0 Å². The normalized spacial score (nSPS) is 11.2. The number of nitrogens with zero attached hydrogens (tertiary/aromatic N) is 1. The fourth-order valence-electron chi connectivity index (χ4n) is 3.22. The molecule has 3 aromatic rings. The van der Waals surface area contributed by atoms with Gasteiger partial charge in [-0.3, -0.25) is 4.79 Å². The molecule has 3 rings (SSSR count). The predicted octanol–water partition coefficient (Wildman–Crippen LogP) is 4.20. The van der Waals surface area contributed by atoms with Crippen LogP contribution in [0, 0.1) is 0 Å². The van der Waals surface area contributed by atoms with E-state index in [0.29, 0.717) is 28.0 Å². The fraction of sp³-hybridized carbons (Fsp3) is 0.208. The second kappa shape index (κ2) is 11.2. The number of methoxy groups -OCH3 is 3. The minimum absolute atomic E-state index is 0.00367. The van der Waals surface area contributed by atoms with Gasteiger partial charge in [0.1, 0.15) is 17.2 Å². The highest BCUT2D eigenvalue weighted by molar-refractivity contribution is 7.89. The van der Waals surface area contributed by atoms with Crippen LogP contribution in [-0.2, 0) is 21.4 Å². The Kier molecular flexibility index (Phi) is 8.38. The molecule has 1 amide bonds. The molecule has 10 heteroatoms. The average molecular weight is 505 g/mol. The number of nitrogens with one attached hydrogen (secondary N) is 1. The van der Waals surface area contributed by atoms with E-state index in [1.807, 2.05) is 6.07 Å². The van der Waals surface area contributed by atoms with E-state index in [1.54, 1.807) is 36.4 Å². The summed E-state index contributed by atoms with van der Waals surface area (Å²) in [6, 6.07) is 18.0. The summed E-state index contributed by atoms with van der Waals surface area (Å²) >= 11 is 6.13. The zero-order valence-corrected chi connectivity index (χ0v) is 20.5. The van der Waals surface area contributed by atoms with Crippen molar-refractivity contribution in [3.63, 3.8) is 0 Å². The van der Waals surface area contributed by atoms with Gasteiger partial charge in [-0.25, -0.2) is 8.42 Å². The summed E-state index contributed by atoms with van der Waals surface area (Å²) in [4.78, 5) is 13.0. The van der Waals surface area contributed by atoms with Crippen LogP contribution >= 0.6 is 11.6 Å². The Labute approximate surface area is 204 Å². The topological polar surface area (TPSA) is 94.2 Å². The molecule has 0 heterocycles. The molecule has 0 saturated carbocycles. The molecule has 3 aromatic carbocycles. The minimum atomic E-state index is -4.01. The van der Waals surface area contributed by atoms with Crippen molar-refractivity contribution in [1.29, 1.82) is 0 Å². The number of halogens is 1. The van der Waals surface area contributed by atoms with Gasteiger partial charge in [0.2, 0.25) is 15.9 Å². The zero-order chi connectivity index (χ0) is 24.7. The number of hydrogen-bond acceptors (Lipinski definition) is 6. The number of anilines is 1. The van der Waals surface area contributed by atoms with Crippen LogP contribution in [0.3, 0.4) is 0 Å². The number of ether oxygens (including phenoxy) is 3. The van der Waals surface area contributed by atoms with E-state index in [1.165, 1.54) is 45.6 Å². The summed E-state index contributed by atoms with van der Waals surface area (Å²) in [6.45, 7) is -0.430. The van der Waals surface area contributed by atoms with Crippen molar-refractivity contribution in [3.05, 3.63) is 77.3 Å². The lowest BCUT2D eigenvalue weighted by Crippen LogP contribution is -2.37. The summed E-state index contributed by atoms with van der Waals surface area (Å²) < 4.78 is 43.6. The molecule has 0 radical (unpaired) electrons. The van der Waals surface area contributed by atoms with Crippen LogP contribution in [0.2, 0.25) is 5.02 Å². The second-order valence-corrected chi connectivity index (χ2v) is 9.51. The highest BCUT2D eigenvalue weighted by Crippen LogP contribution is 2.36. The number of carbonyl (C=O) groups excluding carboxylic acids is 1. The first-order valence-corrected chi connectivity index (χ1v) is 12.0. The molecule has 0 bridgehead atoms. The third-order valence-electron chi connectivity index (χ3n) is 4.97. The molecule has 1 N–H and O–H groups in total. The van der Waals surface area contributed by atoms with Gasteiger partial charge in [0, 0.05) is 18.7 Å². The molecular formula is C24H25ClN2O6S. The van der Waals surface area contributed by atoms with Crippen LogP contribution in [0.1, 0.15) is 5.56 Å². The zero-order valence-electron chi connectivity index (χ0n) is 18.9. The average Bonchev–Trinajstić information content (AvgIpc) is 2.85. The first-order valence-electron chi connectivity index (χ1n) is 10.2. The summed E-state index contributed by atoms with van der Waals surface area (Å²) in [6.07, 6.45) is 0. The van der Waals surface area contributed by atoms with Gasteiger partial charge in [-0.1, -0.05) is 41.9 Å². The largest absolute Gasteiger partial charge is 0.497 e. The van der Waals surface area contributed by atoms with Gasteiger partial charge in [0.05, 0.1) is 43.5 Å². The van der Waals surface area contributed by atoms with Crippen molar-refractivity contribution in [2.45, 2.75) is 11.4 Å². The Balaban J connectivity index is 1.90. The lowest BCUT2D eigenvalue weighted by atomic mass is 10.2. The Morgan fingerprint density at radius 1 is 0.912 bits per heavy atom. The van der Waals surface area contributed by atoms with Crippen LogP contribution in [0.15, 0.2) is 71.6 Å².